The van der Waals surface area contributed by atoms with E-state index in [2.05, 4.69) is 25.4 Å². The number of hydrogen-bond donors (Lipinski definition) is 0. The van der Waals surface area contributed by atoms with Crippen LogP contribution in [0.4, 0.5) is 18.4 Å². The first-order chi connectivity index (χ1) is 26.8. The molecule has 0 atom stereocenters. The highest BCUT2D eigenvalue weighted by molar-refractivity contribution is 9.10. The highest BCUT2D eigenvalue weighted by Gasteiger charge is 2.52. The van der Waals surface area contributed by atoms with Crippen LogP contribution in [0.2, 0.25) is 0 Å². The summed E-state index contributed by atoms with van der Waals surface area (Å²) < 4.78 is 59.1. The minimum Gasteiger partial charge on any atom is -0.465 e. The quantitative estimate of drug-likeness (QED) is 0.167. The zero-order valence-electron chi connectivity index (χ0n) is 35.5. The summed E-state index contributed by atoms with van der Waals surface area (Å²) in [5.41, 5.74) is 0.999. The maximum absolute atomic E-state index is 13.7. The topological polar surface area (TPSA) is 130 Å². The average molecular weight is 878 g/mol. The predicted molar refractivity (Wildman–Crippen MR) is 220 cm³/mol. The summed E-state index contributed by atoms with van der Waals surface area (Å²) in [5.74, 6) is -2.57. The summed E-state index contributed by atoms with van der Waals surface area (Å²) >= 11 is 3.12. The van der Waals surface area contributed by atoms with Gasteiger partial charge in [-0.25, -0.2) is 28.0 Å². The van der Waals surface area contributed by atoms with Crippen molar-refractivity contribution in [3.05, 3.63) is 86.8 Å². The molecule has 58 heavy (non-hydrogen) atoms. The first-order valence-corrected chi connectivity index (χ1v) is 19.7. The molecule has 0 saturated carbocycles. The molecule has 2 aromatic carbocycles. The number of nitrogens with zero attached hydrogens (tertiary/aromatic N) is 2. The van der Waals surface area contributed by atoms with Crippen molar-refractivity contribution in [2.24, 2.45) is 0 Å². The van der Waals surface area contributed by atoms with Gasteiger partial charge in [0.05, 0.1) is 36.5 Å². The van der Waals surface area contributed by atoms with Gasteiger partial charge in [0.15, 0.2) is 0 Å². The Morgan fingerprint density at radius 3 is 1.57 bits per heavy atom. The molecule has 2 aromatic rings. The molecule has 16 heteroatoms. The molecule has 3 aliphatic rings. The van der Waals surface area contributed by atoms with Crippen molar-refractivity contribution in [1.29, 1.82) is 0 Å². The zero-order valence-corrected chi connectivity index (χ0v) is 37.1. The Bertz CT molecular complexity index is 1870. The second-order valence-corrected chi connectivity index (χ2v) is 17.7. The molecule has 0 aliphatic carbocycles. The fraction of sp³-hybridized carbons (Fsp3) is 0.524. The van der Waals surface area contributed by atoms with Gasteiger partial charge in [-0.1, -0.05) is 34.1 Å². The van der Waals surface area contributed by atoms with Crippen LogP contribution in [0.25, 0.3) is 5.57 Å². The van der Waals surface area contributed by atoms with Crippen molar-refractivity contribution >= 4 is 52.7 Å². The van der Waals surface area contributed by atoms with E-state index in [1.165, 1.54) is 44.6 Å². The Morgan fingerprint density at radius 1 is 0.707 bits per heavy atom. The van der Waals surface area contributed by atoms with Crippen LogP contribution < -0.4 is 0 Å². The fourth-order valence-corrected chi connectivity index (χ4v) is 5.93. The minimum atomic E-state index is -0.707. The van der Waals surface area contributed by atoms with Gasteiger partial charge in [-0.05, 0) is 129 Å². The first kappa shape index (κ1) is 48.1. The second kappa shape index (κ2) is 19.7. The van der Waals surface area contributed by atoms with E-state index >= 15 is 0 Å². The van der Waals surface area contributed by atoms with Crippen molar-refractivity contribution in [2.75, 3.05) is 40.4 Å². The lowest BCUT2D eigenvalue weighted by Gasteiger charge is -2.32. The number of halogens is 3. The SMILES string of the molecule is CC(C)(C)OC(=O)N1CC=C(B2OC(C)(C)C(C)(C)O2)CC1.COC(=O)c1cc(Br)ccc1F.COC(=O)c1cc(C2=CCN(C(=O)OC(C)(C)C)CC2)ccc1F. The zero-order chi connectivity index (χ0) is 43.8. The largest absolute Gasteiger partial charge is 0.490 e. The normalized spacial score (nSPS) is 17.3. The first-order valence-electron chi connectivity index (χ1n) is 18.9. The number of benzene rings is 2. The van der Waals surface area contributed by atoms with Crippen LogP contribution >= 0.6 is 15.9 Å². The van der Waals surface area contributed by atoms with Crippen LogP contribution in [0, 0.1) is 11.6 Å². The smallest absolute Gasteiger partial charge is 0.465 e. The maximum Gasteiger partial charge on any atom is 0.490 e. The van der Waals surface area contributed by atoms with Gasteiger partial charge in [0.2, 0.25) is 0 Å². The third kappa shape index (κ3) is 13.7. The van der Waals surface area contributed by atoms with E-state index in [4.69, 9.17) is 18.8 Å². The van der Waals surface area contributed by atoms with Crippen molar-refractivity contribution in [3.8, 4) is 0 Å². The Balaban J connectivity index is 0.000000245. The predicted octanol–water partition coefficient (Wildman–Crippen LogP) is 9.20. The molecule has 318 valence electrons. The van der Waals surface area contributed by atoms with Crippen LogP contribution in [-0.2, 0) is 28.3 Å². The molecule has 0 radical (unpaired) electrons. The molecular formula is C42H56BBrF2N2O10. The summed E-state index contributed by atoms with van der Waals surface area (Å²) in [6.07, 6.45) is 4.64. The van der Waals surface area contributed by atoms with Crippen molar-refractivity contribution in [3.63, 3.8) is 0 Å². The van der Waals surface area contributed by atoms with Gasteiger partial charge in [0, 0.05) is 30.7 Å². The third-order valence-corrected chi connectivity index (χ3v) is 9.88. The molecule has 0 bridgehead atoms. The van der Waals surface area contributed by atoms with Gasteiger partial charge >= 0.3 is 31.2 Å². The average Bonchev–Trinajstić information content (AvgIpc) is 3.37. The molecule has 3 heterocycles. The maximum atomic E-state index is 13.7. The number of esters is 2. The lowest BCUT2D eigenvalue weighted by molar-refractivity contribution is 0.00578. The standard InChI is InChI=1S/C18H22FNO4.C16H28BNO4.C8H6BrFO2/c1-18(2,3)24-17(22)20-9-7-12(8-10-20)13-5-6-15(19)14(11-13)16(21)23-4;1-14(2,3)20-13(19)18-10-8-12(9-11-18)17-21-15(4,5)16(6,7)22-17;1-12-8(11)6-4-5(9)2-3-7(6)10/h5-7,11H,8-10H2,1-4H3;8H,9-11H2,1-7H3;2-4H,1H3. The lowest BCUT2D eigenvalue weighted by atomic mass is 9.75. The van der Waals surface area contributed by atoms with Gasteiger partial charge in [-0.3, -0.25) is 0 Å². The molecule has 12 nitrogen and oxygen atoms in total. The Morgan fingerprint density at radius 2 is 1.16 bits per heavy atom. The van der Waals surface area contributed by atoms with Gasteiger partial charge < -0.3 is 38.1 Å². The van der Waals surface area contributed by atoms with E-state index in [9.17, 15) is 28.0 Å². The Hall–Kier alpha value is -4.28. The van der Waals surface area contributed by atoms with E-state index in [1.807, 2.05) is 81.4 Å². The van der Waals surface area contributed by atoms with Gasteiger partial charge in [0.1, 0.15) is 22.8 Å². The monoisotopic (exact) mass is 876 g/mol. The summed E-state index contributed by atoms with van der Waals surface area (Å²) in [5, 5.41) is 0. The van der Waals surface area contributed by atoms with Crippen molar-refractivity contribution in [2.45, 2.75) is 104 Å². The van der Waals surface area contributed by atoms with Crippen LogP contribution in [-0.4, -0.2) is 104 Å². The molecule has 1 saturated heterocycles. The highest BCUT2D eigenvalue weighted by atomic mass is 79.9. The number of amides is 2. The van der Waals surface area contributed by atoms with E-state index in [-0.39, 0.29) is 41.6 Å². The molecular weight excluding hydrogens is 821 g/mol. The molecule has 0 unspecified atom stereocenters. The van der Waals surface area contributed by atoms with E-state index in [1.54, 1.807) is 15.9 Å². The van der Waals surface area contributed by atoms with E-state index in [0.29, 0.717) is 37.1 Å². The van der Waals surface area contributed by atoms with Crippen LogP contribution in [0.1, 0.15) is 108 Å². The number of carbonyl (C=O) groups excluding carboxylic acids is 4. The number of rotatable bonds is 4. The molecule has 1 fully saturated rings. The van der Waals surface area contributed by atoms with Gasteiger partial charge in [-0.2, -0.15) is 0 Å². The molecule has 0 aromatic heterocycles. The van der Waals surface area contributed by atoms with Crippen LogP contribution in [0.3, 0.4) is 0 Å². The second-order valence-electron chi connectivity index (χ2n) is 16.8. The summed E-state index contributed by atoms with van der Waals surface area (Å²) in [6, 6.07) is 8.45. The number of carbonyl (C=O) groups is 4. The number of ether oxygens (including phenoxy) is 4. The lowest BCUT2D eigenvalue weighted by Crippen LogP contribution is -2.41. The third-order valence-electron chi connectivity index (χ3n) is 9.39. The molecule has 3 aliphatic heterocycles. The molecule has 2 amide bonds. The van der Waals surface area contributed by atoms with Gasteiger partial charge in [-0.15, -0.1) is 0 Å². The molecule has 0 N–H and O–H groups in total. The fourth-order valence-electron chi connectivity index (χ4n) is 5.56. The van der Waals surface area contributed by atoms with Crippen LogP contribution in [0.15, 0.2) is 58.5 Å². The summed E-state index contributed by atoms with van der Waals surface area (Å²) in [4.78, 5) is 49.9. The summed E-state index contributed by atoms with van der Waals surface area (Å²) in [7, 11) is 2.11. The number of hydrogen-bond acceptors (Lipinski definition) is 10. The van der Waals surface area contributed by atoms with E-state index < -0.39 is 34.8 Å². The Labute approximate surface area is 349 Å². The molecule has 5 rings (SSSR count). The van der Waals surface area contributed by atoms with Crippen molar-refractivity contribution in [1.82, 2.24) is 9.80 Å². The van der Waals surface area contributed by atoms with Crippen LogP contribution in [0.5, 0.6) is 0 Å². The Kier molecular flexibility index (Phi) is 16.3. The molecule has 0 spiro atoms. The summed E-state index contributed by atoms with van der Waals surface area (Å²) in [6.45, 7) is 21.4. The number of methoxy groups -OCH3 is 2. The van der Waals surface area contributed by atoms with Gasteiger partial charge in [0.25, 0.3) is 0 Å². The van der Waals surface area contributed by atoms with E-state index in [0.717, 1.165) is 23.0 Å². The minimum absolute atomic E-state index is 0.0631. The van der Waals surface area contributed by atoms with Crippen molar-refractivity contribution < 1.29 is 56.2 Å². The highest BCUT2D eigenvalue weighted by Crippen LogP contribution is 2.39.